The number of hydrogen-bond donors (Lipinski definition) is 0. The molecule has 0 spiro atoms. The first-order valence-electron chi connectivity index (χ1n) is 10.1. The van der Waals surface area contributed by atoms with Gasteiger partial charge in [-0.25, -0.2) is 0 Å². The van der Waals surface area contributed by atoms with Gasteiger partial charge in [0, 0.05) is 30.6 Å². The Morgan fingerprint density at radius 1 is 1.17 bits per heavy atom. The quantitative estimate of drug-likeness (QED) is 0.653. The predicted molar refractivity (Wildman–Crippen MR) is 108 cm³/mol. The van der Waals surface area contributed by atoms with Gasteiger partial charge < -0.3 is 9.42 Å². The highest BCUT2D eigenvalue weighted by molar-refractivity contribution is 6.30. The molecule has 8 nitrogen and oxygen atoms in total. The van der Waals surface area contributed by atoms with Crippen molar-refractivity contribution in [3.8, 4) is 11.4 Å². The summed E-state index contributed by atoms with van der Waals surface area (Å²) < 4.78 is 5.24. The van der Waals surface area contributed by atoms with Crippen LogP contribution in [-0.2, 0) is 20.9 Å². The summed E-state index contributed by atoms with van der Waals surface area (Å²) in [7, 11) is 1.63. The average Bonchev–Trinajstić information content (AvgIpc) is 3.30. The SMILES string of the molecule is CN(Cc1nc(-c2ccc(Cl)cc2)no1)C(=O)CCN1C(=O)[C@@H]2CCCC[C@H]2C1=O. The number of amides is 3. The summed E-state index contributed by atoms with van der Waals surface area (Å²) in [6.07, 6.45) is 3.58. The smallest absolute Gasteiger partial charge is 0.246 e. The van der Waals surface area contributed by atoms with Crippen LogP contribution in [0.1, 0.15) is 38.0 Å². The van der Waals surface area contributed by atoms with E-state index < -0.39 is 0 Å². The van der Waals surface area contributed by atoms with Gasteiger partial charge in [-0.15, -0.1) is 0 Å². The van der Waals surface area contributed by atoms with Crippen LogP contribution < -0.4 is 0 Å². The van der Waals surface area contributed by atoms with E-state index in [4.69, 9.17) is 16.1 Å². The predicted octanol–water partition coefficient (Wildman–Crippen LogP) is 2.91. The van der Waals surface area contributed by atoms with E-state index in [9.17, 15) is 14.4 Å². The van der Waals surface area contributed by atoms with E-state index in [0.717, 1.165) is 31.2 Å². The molecule has 0 bridgehead atoms. The van der Waals surface area contributed by atoms with E-state index in [1.54, 1.807) is 31.3 Å². The molecule has 0 radical (unpaired) electrons. The standard InChI is InChI=1S/C21H23ClN4O4/c1-25(12-17-23-19(24-30-17)13-6-8-14(22)9-7-13)18(27)10-11-26-20(28)15-4-2-3-5-16(15)21(26)29/h6-9,15-16H,2-5,10-12H2,1H3/t15-,16-/m1/s1. The van der Waals surface area contributed by atoms with E-state index in [2.05, 4.69) is 10.1 Å². The largest absolute Gasteiger partial charge is 0.337 e. The third kappa shape index (κ3) is 4.09. The molecule has 158 valence electrons. The number of rotatable bonds is 6. The molecule has 2 heterocycles. The van der Waals surface area contributed by atoms with Crippen molar-refractivity contribution in [2.45, 2.75) is 38.6 Å². The van der Waals surface area contributed by atoms with Crippen LogP contribution >= 0.6 is 11.6 Å². The molecular weight excluding hydrogens is 408 g/mol. The summed E-state index contributed by atoms with van der Waals surface area (Å²) in [6, 6.07) is 7.04. The summed E-state index contributed by atoms with van der Waals surface area (Å²) >= 11 is 5.88. The summed E-state index contributed by atoms with van der Waals surface area (Å²) in [4.78, 5) is 44.6. The number of nitrogens with zero attached hydrogens (tertiary/aromatic N) is 4. The maximum absolute atomic E-state index is 12.5. The monoisotopic (exact) mass is 430 g/mol. The normalized spacial score (nSPS) is 21.1. The molecule has 1 aromatic carbocycles. The Balaban J connectivity index is 1.32. The van der Waals surface area contributed by atoms with Gasteiger partial charge in [0.1, 0.15) is 0 Å². The first-order chi connectivity index (χ1) is 14.4. The molecule has 2 aliphatic rings. The zero-order valence-electron chi connectivity index (χ0n) is 16.7. The molecule has 1 aromatic heterocycles. The third-order valence-electron chi connectivity index (χ3n) is 5.85. The van der Waals surface area contributed by atoms with Gasteiger partial charge in [-0.2, -0.15) is 4.98 Å². The second-order valence-corrected chi connectivity index (χ2v) is 8.28. The van der Waals surface area contributed by atoms with Crippen LogP contribution in [0.2, 0.25) is 5.02 Å². The maximum atomic E-state index is 12.5. The van der Waals surface area contributed by atoms with Gasteiger partial charge in [-0.05, 0) is 37.1 Å². The van der Waals surface area contributed by atoms with Gasteiger partial charge in [-0.1, -0.05) is 29.6 Å². The number of fused-ring (bicyclic) bond motifs is 1. The summed E-state index contributed by atoms with van der Waals surface area (Å²) in [5, 5.41) is 4.55. The molecule has 9 heteroatoms. The van der Waals surface area contributed by atoms with Crippen LogP contribution in [0.15, 0.2) is 28.8 Å². The van der Waals surface area contributed by atoms with Crippen LogP contribution in [0.25, 0.3) is 11.4 Å². The lowest BCUT2D eigenvalue weighted by molar-refractivity contribution is -0.140. The topological polar surface area (TPSA) is 96.6 Å². The molecule has 3 amide bonds. The van der Waals surface area contributed by atoms with Gasteiger partial charge in [0.15, 0.2) is 0 Å². The lowest BCUT2D eigenvalue weighted by atomic mass is 9.81. The Hall–Kier alpha value is -2.74. The van der Waals surface area contributed by atoms with Gasteiger partial charge in [-0.3, -0.25) is 19.3 Å². The van der Waals surface area contributed by atoms with Crippen LogP contribution in [0.4, 0.5) is 0 Å². The van der Waals surface area contributed by atoms with Crippen molar-refractivity contribution in [3.05, 3.63) is 35.2 Å². The molecule has 30 heavy (non-hydrogen) atoms. The summed E-state index contributed by atoms with van der Waals surface area (Å²) in [6.45, 7) is 0.264. The summed E-state index contributed by atoms with van der Waals surface area (Å²) in [5.74, 6) is -0.105. The molecule has 1 saturated heterocycles. The maximum Gasteiger partial charge on any atom is 0.246 e. The van der Waals surface area contributed by atoms with Crippen molar-refractivity contribution in [2.75, 3.05) is 13.6 Å². The lowest BCUT2D eigenvalue weighted by Gasteiger charge is -2.19. The highest BCUT2D eigenvalue weighted by atomic mass is 35.5. The van der Waals surface area contributed by atoms with Crippen LogP contribution in [0.3, 0.4) is 0 Å². The molecule has 4 rings (SSSR count). The Labute approximate surface area is 179 Å². The van der Waals surface area contributed by atoms with E-state index in [-0.39, 0.29) is 49.1 Å². The van der Waals surface area contributed by atoms with Crippen LogP contribution in [0.5, 0.6) is 0 Å². The minimum atomic E-state index is -0.197. The third-order valence-corrected chi connectivity index (χ3v) is 6.10. The fourth-order valence-corrected chi connectivity index (χ4v) is 4.30. The number of aromatic nitrogens is 2. The first kappa shape index (κ1) is 20.5. The van der Waals surface area contributed by atoms with Crippen molar-refractivity contribution < 1.29 is 18.9 Å². The number of likely N-dealkylation sites (tertiary alicyclic amines) is 1. The average molecular weight is 431 g/mol. The van der Waals surface area contributed by atoms with Crippen molar-refractivity contribution >= 4 is 29.3 Å². The zero-order chi connectivity index (χ0) is 21.3. The molecule has 0 N–H and O–H groups in total. The fraction of sp³-hybridized carbons (Fsp3) is 0.476. The zero-order valence-corrected chi connectivity index (χ0v) is 17.5. The first-order valence-corrected chi connectivity index (χ1v) is 10.5. The number of carbonyl (C=O) groups excluding carboxylic acids is 3. The van der Waals surface area contributed by atoms with Gasteiger partial charge >= 0.3 is 0 Å². The Kier molecular flexibility index (Phi) is 5.85. The highest BCUT2D eigenvalue weighted by Gasteiger charge is 2.47. The number of imide groups is 1. The van der Waals surface area contributed by atoms with Crippen molar-refractivity contribution in [3.63, 3.8) is 0 Å². The molecule has 1 saturated carbocycles. The molecule has 2 aromatic rings. The van der Waals surface area contributed by atoms with Gasteiger partial charge in [0.2, 0.25) is 29.4 Å². The molecule has 0 unspecified atom stereocenters. The van der Waals surface area contributed by atoms with Crippen molar-refractivity contribution in [1.82, 2.24) is 19.9 Å². The Morgan fingerprint density at radius 2 is 1.80 bits per heavy atom. The van der Waals surface area contributed by atoms with Gasteiger partial charge in [0.05, 0.1) is 18.4 Å². The van der Waals surface area contributed by atoms with E-state index >= 15 is 0 Å². The lowest BCUT2D eigenvalue weighted by Crippen LogP contribution is -2.36. The second kappa shape index (κ2) is 8.55. The summed E-state index contributed by atoms with van der Waals surface area (Å²) in [5.41, 5.74) is 0.760. The number of hydrogen-bond acceptors (Lipinski definition) is 6. The fourth-order valence-electron chi connectivity index (χ4n) is 4.18. The minimum absolute atomic E-state index is 0.0750. The number of carbonyl (C=O) groups is 3. The number of benzene rings is 1. The molecule has 2 fully saturated rings. The number of halogens is 1. The minimum Gasteiger partial charge on any atom is -0.337 e. The van der Waals surface area contributed by atoms with E-state index in [0.29, 0.717) is 16.7 Å². The second-order valence-electron chi connectivity index (χ2n) is 7.84. The van der Waals surface area contributed by atoms with E-state index in [1.165, 1.54) is 9.80 Å². The van der Waals surface area contributed by atoms with Crippen LogP contribution in [0, 0.1) is 11.8 Å². The van der Waals surface area contributed by atoms with Gasteiger partial charge in [0.25, 0.3) is 0 Å². The van der Waals surface area contributed by atoms with Crippen LogP contribution in [-0.4, -0.2) is 51.3 Å². The molecule has 1 aliphatic carbocycles. The van der Waals surface area contributed by atoms with Crippen molar-refractivity contribution in [1.29, 1.82) is 0 Å². The Bertz CT molecular complexity index is 934. The molecule has 1 aliphatic heterocycles. The van der Waals surface area contributed by atoms with E-state index in [1.807, 2.05) is 0 Å². The molecular formula is C21H23ClN4O4. The van der Waals surface area contributed by atoms with Crippen molar-refractivity contribution in [2.24, 2.45) is 11.8 Å². The molecule has 2 atom stereocenters. The highest BCUT2D eigenvalue weighted by Crippen LogP contribution is 2.38. The Morgan fingerprint density at radius 3 is 2.43 bits per heavy atom.